The predicted octanol–water partition coefficient (Wildman–Crippen LogP) is 5.30. The van der Waals surface area contributed by atoms with Crippen LogP contribution in [0.4, 0.5) is 0 Å². The van der Waals surface area contributed by atoms with E-state index in [0.29, 0.717) is 11.8 Å². The smallest absolute Gasteiger partial charge is 0.0245 e. The van der Waals surface area contributed by atoms with Crippen molar-refractivity contribution in [3.05, 3.63) is 31.3 Å². The van der Waals surface area contributed by atoms with E-state index in [2.05, 4.69) is 78.3 Å². The van der Waals surface area contributed by atoms with E-state index in [1.807, 2.05) is 0 Å². The third-order valence-corrected chi connectivity index (χ3v) is 3.88. The normalized spacial score (nSPS) is 11.4. The second-order valence-corrected chi connectivity index (χ2v) is 6.25. The minimum Gasteiger partial charge on any atom is -0.0586 e. The average Bonchev–Trinajstić information content (AvgIpc) is 2.07. The summed E-state index contributed by atoms with van der Waals surface area (Å²) in [6, 6.07) is 4.53. The molecule has 0 aliphatic rings. The van der Waals surface area contributed by atoms with Gasteiger partial charge in [0.2, 0.25) is 0 Å². The molecule has 0 N–H and O–H groups in total. The molecule has 0 saturated heterocycles. The molecule has 0 heterocycles. The Kier molecular flexibility index (Phi) is 4.44. The molecule has 1 rings (SSSR count). The highest BCUT2D eigenvalue weighted by atomic mass is 127. The van der Waals surface area contributed by atoms with E-state index in [4.69, 9.17) is 0 Å². The highest BCUT2D eigenvalue weighted by Crippen LogP contribution is 2.33. The molecule has 1 aromatic carbocycles. The molecule has 0 nitrogen and oxygen atoms in total. The first-order valence-corrected chi connectivity index (χ1v) is 6.79. The van der Waals surface area contributed by atoms with E-state index in [9.17, 15) is 0 Å². The van der Waals surface area contributed by atoms with Crippen molar-refractivity contribution >= 4 is 38.5 Å². The fraction of sp³-hybridized carbons (Fsp3) is 0.500. The molecule has 14 heavy (non-hydrogen) atoms. The Morgan fingerprint density at radius 1 is 1.00 bits per heavy atom. The van der Waals surface area contributed by atoms with Gasteiger partial charge in [-0.15, -0.1) is 0 Å². The molecule has 78 valence electrons. The quantitative estimate of drug-likeness (QED) is 0.623. The van der Waals surface area contributed by atoms with Crippen molar-refractivity contribution in [3.63, 3.8) is 0 Å². The van der Waals surface area contributed by atoms with Crippen LogP contribution in [-0.2, 0) is 0 Å². The van der Waals surface area contributed by atoms with Crippen molar-refractivity contribution < 1.29 is 0 Å². The van der Waals surface area contributed by atoms with Crippen molar-refractivity contribution in [2.24, 2.45) is 0 Å². The summed E-state index contributed by atoms with van der Waals surface area (Å²) in [6.07, 6.45) is 0. The molecule has 0 aliphatic heterocycles. The van der Waals surface area contributed by atoms with Crippen molar-refractivity contribution in [2.45, 2.75) is 39.5 Å². The van der Waals surface area contributed by atoms with Crippen LogP contribution >= 0.6 is 38.5 Å². The zero-order valence-corrected chi connectivity index (χ0v) is 12.8. The molecule has 0 atom stereocenters. The third kappa shape index (κ3) is 2.72. The highest BCUT2D eigenvalue weighted by Gasteiger charge is 2.12. The molecular formula is C12H16BrI. The maximum absolute atomic E-state index is 3.71. The lowest BCUT2D eigenvalue weighted by Crippen LogP contribution is -1.97. The Balaban J connectivity index is 3.32. The molecule has 0 amide bonds. The van der Waals surface area contributed by atoms with E-state index in [-0.39, 0.29) is 0 Å². The summed E-state index contributed by atoms with van der Waals surface area (Å²) in [4.78, 5) is 0. The van der Waals surface area contributed by atoms with Gasteiger partial charge in [-0.1, -0.05) is 43.6 Å². The van der Waals surface area contributed by atoms with Gasteiger partial charge in [-0.3, -0.25) is 0 Å². The Morgan fingerprint density at radius 3 is 1.64 bits per heavy atom. The summed E-state index contributed by atoms with van der Waals surface area (Å²) in [5.74, 6) is 1.16. The maximum atomic E-state index is 3.71. The van der Waals surface area contributed by atoms with Crippen LogP contribution in [-0.4, -0.2) is 0 Å². The molecule has 0 aliphatic carbocycles. The van der Waals surface area contributed by atoms with E-state index >= 15 is 0 Å². The number of hydrogen-bond acceptors (Lipinski definition) is 0. The Labute approximate surface area is 109 Å². The molecule has 0 fully saturated rings. The number of hydrogen-bond donors (Lipinski definition) is 0. The van der Waals surface area contributed by atoms with Crippen LogP contribution < -0.4 is 0 Å². The summed E-state index contributed by atoms with van der Waals surface area (Å²) >= 11 is 6.11. The standard InChI is InChI=1S/C12H16BrI/c1-7(2)10-5-9(14)6-11(8(3)4)12(10)13/h5-8H,1-4H3. The van der Waals surface area contributed by atoms with Gasteiger partial charge in [0.1, 0.15) is 0 Å². The van der Waals surface area contributed by atoms with Crippen LogP contribution in [0.2, 0.25) is 0 Å². The van der Waals surface area contributed by atoms with Crippen LogP contribution in [0.5, 0.6) is 0 Å². The zero-order chi connectivity index (χ0) is 10.9. The summed E-state index contributed by atoms with van der Waals surface area (Å²) in [5.41, 5.74) is 2.83. The highest BCUT2D eigenvalue weighted by molar-refractivity contribution is 14.1. The van der Waals surface area contributed by atoms with Gasteiger partial charge >= 0.3 is 0 Å². The second kappa shape index (κ2) is 4.97. The van der Waals surface area contributed by atoms with Crippen molar-refractivity contribution in [1.29, 1.82) is 0 Å². The molecule has 0 spiro atoms. The molecule has 0 saturated carbocycles. The second-order valence-electron chi connectivity index (χ2n) is 4.21. The molecule has 2 heteroatoms. The Morgan fingerprint density at radius 2 is 1.36 bits per heavy atom. The average molecular weight is 367 g/mol. The maximum Gasteiger partial charge on any atom is 0.0245 e. The molecule has 0 radical (unpaired) electrons. The van der Waals surface area contributed by atoms with Crippen LogP contribution in [0.25, 0.3) is 0 Å². The lowest BCUT2D eigenvalue weighted by molar-refractivity contribution is 0.822. The van der Waals surface area contributed by atoms with E-state index in [1.165, 1.54) is 19.2 Å². The lowest BCUT2D eigenvalue weighted by atomic mass is 9.96. The van der Waals surface area contributed by atoms with Gasteiger partial charge in [-0.2, -0.15) is 0 Å². The molecule has 1 aromatic rings. The van der Waals surface area contributed by atoms with E-state index in [0.717, 1.165) is 0 Å². The van der Waals surface area contributed by atoms with Crippen LogP contribution in [0.3, 0.4) is 0 Å². The molecule has 0 unspecified atom stereocenters. The van der Waals surface area contributed by atoms with Gasteiger partial charge in [0.15, 0.2) is 0 Å². The van der Waals surface area contributed by atoms with Gasteiger partial charge < -0.3 is 0 Å². The predicted molar refractivity (Wildman–Crippen MR) is 75.0 cm³/mol. The first-order valence-electron chi connectivity index (χ1n) is 4.92. The number of halogens is 2. The first kappa shape index (κ1) is 12.5. The first-order chi connectivity index (χ1) is 6.43. The lowest BCUT2D eigenvalue weighted by Gasteiger charge is -2.16. The summed E-state index contributed by atoms with van der Waals surface area (Å²) in [5, 5.41) is 0. The Hall–Kier alpha value is 0.430. The van der Waals surface area contributed by atoms with Gasteiger partial charge in [0, 0.05) is 8.04 Å². The molecule has 0 aromatic heterocycles. The zero-order valence-electron chi connectivity index (χ0n) is 9.07. The SMILES string of the molecule is CC(C)c1cc(I)cc(C(C)C)c1Br. The van der Waals surface area contributed by atoms with Crippen LogP contribution in [0.1, 0.15) is 50.7 Å². The summed E-state index contributed by atoms with van der Waals surface area (Å²) in [7, 11) is 0. The van der Waals surface area contributed by atoms with Gasteiger partial charge in [0.25, 0.3) is 0 Å². The molecular weight excluding hydrogens is 351 g/mol. The molecule has 0 bridgehead atoms. The van der Waals surface area contributed by atoms with Crippen molar-refractivity contribution in [1.82, 2.24) is 0 Å². The van der Waals surface area contributed by atoms with Crippen LogP contribution in [0.15, 0.2) is 16.6 Å². The van der Waals surface area contributed by atoms with Crippen molar-refractivity contribution in [2.75, 3.05) is 0 Å². The minimum absolute atomic E-state index is 0.580. The topological polar surface area (TPSA) is 0 Å². The Bertz CT molecular complexity index is 300. The summed E-state index contributed by atoms with van der Waals surface area (Å²) in [6.45, 7) is 8.95. The number of rotatable bonds is 2. The summed E-state index contributed by atoms with van der Waals surface area (Å²) < 4.78 is 2.63. The number of benzene rings is 1. The third-order valence-electron chi connectivity index (χ3n) is 2.34. The fourth-order valence-electron chi connectivity index (χ4n) is 1.47. The minimum atomic E-state index is 0.580. The largest absolute Gasteiger partial charge is 0.0586 e. The monoisotopic (exact) mass is 366 g/mol. The van der Waals surface area contributed by atoms with Gasteiger partial charge in [0.05, 0.1) is 0 Å². The van der Waals surface area contributed by atoms with E-state index in [1.54, 1.807) is 0 Å². The van der Waals surface area contributed by atoms with Crippen molar-refractivity contribution in [3.8, 4) is 0 Å². The van der Waals surface area contributed by atoms with Gasteiger partial charge in [-0.05, 0) is 57.7 Å². The fourth-order valence-corrected chi connectivity index (χ4v) is 3.29. The van der Waals surface area contributed by atoms with Crippen LogP contribution in [0, 0.1) is 3.57 Å². The van der Waals surface area contributed by atoms with Gasteiger partial charge in [-0.25, -0.2) is 0 Å². The van der Waals surface area contributed by atoms with E-state index < -0.39 is 0 Å².